The number of hydrogen-bond donors (Lipinski definition) is 1. The Kier molecular flexibility index (Phi) is 5.46. The number of morpholine rings is 1. The van der Waals surface area contributed by atoms with Crippen LogP contribution < -0.4 is 0 Å². The highest BCUT2D eigenvalue weighted by atomic mass is 16.5. The van der Waals surface area contributed by atoms with Gasteiger partial charge >= 0.3 is 0 Å². The summed E-state index contributed by atoms with van der Waals surface area (Å²) in [5, 5.41) is 9.29. The lowest BCUT2D eigenvalue weighted by Crippen LogP contribution is -2.52. The average Bonchev–Trinajstić information content (AvgIpc) is 2.48. The highest BCUT2D eigenvalue weighted by Gasteiger charge is 2.27. The molecule has 20 heavy (non-hydrogen) atoms. The van der Waals surface area contributed by atoms with E-state index in [0.29, 0.717) is 32.8 Å². The van der Waals surface area contributed by atoms with Gasteiger partial charge in [-0.05, 0) is 24.7 Å². The first kappa shape index (κ1) is 14.9. The van der Waals surface area contributed by atoms with Crippen molar-refractivity contribution in [3.05, 3.63) is 30.1 Å². The summed E-state index contributed by atoms with van der Waals surface area (Å²) in [5.74, 6) is 0.0314. The number of likely N-dealkylation sites (N-methyl/N-ethyl adjacent to an activating group) is 1. The molecule has 0 saturated carbocycles. The molecule has 0 bridgehead atoms. The van der Waals surface area contributed by atoms with Crippen LogP contribution in [0.2, 0.25) is 0 Å². The Morgan fingerprint density at radius 2 is 2.30 bits per heavy atom. The first-order chi connectivity index (χ1) is 9.70. The molecule has 0 radical (unpaired) electrons. The zero-order valence-corrected chi connectivity index (χ0v) is 11.7. The minimum absolute atomic E-state index is 0.0314. The Labute approximate surface area is 119 Å². The molecule has 1 fully saturated rings. The second-order valence-corrected chi connectivity index (χ2v) is 5.03. The van der Waals surface area contributed by atoms with E-state index in [4.69, 9.17) is 4.74 Å². The van der Waals surface area contributed by atoms with Crippen LogP contribution in [0.1, 0.15) is 5.56 Å². The molecule has 1 atom stereocenters. The second kappa shape index (κ2) is 7.33. The number of carbonyl (C=O) groups is 1. The lowest BCUT2D eigenvalue weighted by Gasteiger charge is -2.35. The van der Waals surface area contributed by atoms with Crippen LogP contribution in [0.5, 0.6) is 0 Å². The molecule has 2 heterocycles. The van der Waals surface area contributed by atoms with Crippen LogP contribution in [-0.2, 0) is 16.1 Å². The van der Waals surface area contributed by atoms with Crippen LogP contribution in [0.4, 0.5) is 0 Å². The van der Waals surface area contributed by atoms with E-state index in [-0.39, 0.29) is 18.6 Å². The quantitative estimate of drug-likeness (QED) is 0.804. The molecule has 1 N–H and O–H groups in total. The van der Waals surface area contributed by atoms with Crippen LogP contribution in [0.25, 0.3) is 0 Å². The summed E-state index contributed by atoms with van der Waals surface area (Å²) in [4.78, 5) is 19.9. The van der Waals surface area contributed by atoms with Gasteiger partial charge in [0.1, 0.15) is 0 Å². The van der Waals surface area contributed by atoms with E-state index >= 15 is 0 Å². The van der Waals surface area contributed by atoms with Crippen molar-refractivity contribution in [3.8, 4) is 0 Å². The number of amides is 1. The normalized spacial score (nSPS) is 19.4. The fourth-order valence-electron chi connectivity index (χ4n) is 2.31. The minimum Gasteiger partial charge on any atom is -0.394 e. The molecule has 0 spiro atoms. The zero-order valence-electron chi connectivity index (χ0n) is 11.7. The maximum absolute atomic E-state index is 12.3. The first-order valence-corrected chi connectivity index (χ1v) is 6.76. The van der Waals surface area contributed by atoms with Gasteiger partial charge in [0.25, 0.3) is 0 Å². The second-order valence-electron chi connectivity index (χ2n) is 5.03. The van der Waals surface area contributed by atoms with Crippen molar-refractivity contribution in [3.63, 3.8) is 0 Å². The standard InChI is InChI=1S/C14H21N3O3/c1-16(8-12-2-4-15-5-3-12)9-14(19)17-6-7-20-11-13(17)10-18/h2-5,13,18H,6-11H2,1H3. The van der Waals surface area contributed by atoms with Crippen molar-refractivity contribution in [1.82, 2.24) is 14.8 Å². The smallest absolute Gasteiger partial charge is 0.237 e. The maximum Gasteiger partial charge on any atom is 0.237 e. The molecule has 0 aliphatic carbocycles. The predicted molar refractivity (Wildman–Crippen MR) is 74.0 cm³/mol. The Balaban J connectivity index is 1.86. The number of aliphatic hydroxyl groups excluding tert-OH is 1. The van der Waals surface area contributed by atoms with Gasteiger partial charge in [0.15, 0.2) is 0 Å². The number of pyridine rings is 1. The summed E-state index contributed by atoms with van der Waals surface area (Å²) in [6.07, 6.45) is 3.49. The molecule has 6 nitrogen and oxygen atoms in total. The number of carbonyl (C=O) groups excluding carboxylic acids is 1. The van der Waals surface area contributed by atoms with E-state index in [1.54, 1.807) is 17.3 Å². The van der Waals surface area contributed by atoms with E-state index < -0.39 is 0 Å². The summed E-state index contributed by atoms with van der Waals surface area (Å²) in [5.41, 5.74) is 1.12. The van der Waals surface area contributed by atoms with Crippen LogP contribution >= 0.6 is 0 Å². The molecule has 0 aromatic carbocycles. The number of rotatable bonds is 5. The van der Waals surface area contributed by atoms with Crippen LogP contribution in [-0.4, -0.2) is 71.8 Å². The summed E-state index contributed by atoms with van der Waals surface area (Å²) in [6, 6.07) is 3.66. The molecule has 6 heteroatoms. The largest absolute Gasteiger partial charge is 0.394 e. The van der Waals surface area contributed by atoms with Gasteiger partial charge in [0.05, 0.1) is 32.4 Å². The molecule has 1 aromatic rings. The third-order valence-corrected chi connectivity index (χ3v) is 3.37. The third kappa shape index (κ3) is 4.00. The number of aliphatic hydroxyl groups is 1. The van der Waals surface area contributed by atoms with E-state index in [1.807, 2.05) is 24.1 Å². The molecular weight excluding hydrogens is 258 g/mol. The van der Waals surface area contributed by atoms with Crippen LogP contribution in [0.3, 0.4) is 0 Å². The maximum atomic E-state index is 12.3. The van der Waals surface area contributed by atoms with Crippen LogP contribution in [0, 0.1) is 0 Å². The Bertz CT molecular complexity index is 427. The summed E-state index contributed by atoms with van der Waals surface area (Å²) in [7, 11) is 1.91. The zero-order chi connectivity index (χ0) is 14.4. The topological polar surface area (TPSA) is 65.9 Å². The van der Waals surface area contributed by atoms with Gasteiger partial charge in [-0.15, -0.1) is 0 Å². The molecule has 1 unspecified atom stereocenters. The van der Waals surface area contributed by atoms with Gasteiger partial charge in [0, 0.05) is 25.5 Å². The third-order valence-electron chi connectivity index (χ3n) is 3.37. The molecule has 1 amide bonds. The Morgan fingerprint density at radius 1 is 1.55 bits per heavy atom. The fourth-order valence-corrected chi connectivity index (χ4v) is 2.31. The van der Waals surface area contributed by atoms with E-state index in [1.165, 1.54) is 0 Å². The number of aromatic nitrogens is 1. The number of nitrogens with zero attached hydrogens (tertiary/aromatic N) is 3. The minimum atomic E-state index is -0.217. The molecule has 1 saturated heterocycles. The molecule has 110 valence electrons. The highest BCUT2D eigenvalue weighted by molar-refractivity contribution is 5.78. The van der Waals surface area contributed by atoms with Gasteiger partial charge in [-0.3, -0.25) is 14.7 Å². The number of hydrogen-bond acceptors (Lipinski definition) is 5. The van der Waals surface area contributed by atoms with Gasteiger partial charge in [-0.2, -0.15) is 0 Å². The van der Waals surface area contributed by atoms with Crippen molar-refractivity contribution in [2.75, 3.05) is 40.0 Å². The Hall–Kier alpha value is -1.50. The van der Waals surface area contributed by atoms with Gasteiger partial charge in [-0.1, -0.05) is 0 Å². The lowest BCUT2D eigenvalue weighted by molar-refractivity contribution is -0.142. The molecule has 1 aliphatic rings. The van der Waals surface area contributed by atoms with Crippen molar-refractivity contribution < 1.29 is 14.6 Å². The summed E-state index contributed by atoms with van der Waals surface area (Å²) >= 11 is 0. The van der Waals surface area contributed by atoms with Crippen molar-refractivity contribution in [2.24, 2.45) is 0 Å². The monoisotopic (exact) mass is 279 g/mol. The van der Waals surface area contributed by atoms with Crippen molar-refractivity contribution in [1.29, 1.82) is 0 Å². The lowest BCUT2D eigenvalue weighted by atomic mass is 10.2. The van der Waals surface area contributed by atoms with E-state index in [0.717, 1.165) is 5.56 Å². The van der Waals surface area contributed by atoms with Crippen molar-refractivity contribution >= 4 is 5.91 Å². The van der Waals surface area contributed by atoms with Gasteiger partial charge < -0.3 is 14.7 Å². The molecular formula is C14H21N3O3. The van der Waals surface area contributed by atoms with E-state index in [2.05, 4.69) is 4.98 Å². The average molecular weight is 279 g/mol. The van der Waals surface area contributed by atoms with E-state index in [9.17, 15) is 9.90 Å². The molecule has 1 aromatic heterocycles. The SMILES string of the molecule is CN(CC(=O)N1CCOCC1CO)Cc1ccncc1. The number of ether oxygens (including phenoxy) is 1. The van der Waals surface area contributed by atoms with Crippen LogP contribution in [0.15, 0.2) is 24.5 Å². The fraction of sp³-hybridized carbons (Fsp3) is 0.571. The van der Waals surface area contributed by atoms with Gasteiger partial charge in [-0.25, -0.2) is 0 Å². The Morgan fingerprint density at radius 3 is 3.00 bits per heavy atom. The first-order valence-electron chi connectivity index (χ1n) is 6.76. The van der Waals surface area contributed by atoms with Crippen molar-refractivity contribution in [2.45, 2.75) is 12.6 Å². The predicted octanol–water partition coefficient (Wildman–Crippen LogP) is -0.267. The summed E-state index contributed by atoms with van der Waals surface area (Å²) < 4.78 is 5.28. The summed E-state index contributed by atoms with van der Waals surface area (Å²) in [6.45, 7) is 2.47. The van der Waals surface area contributed by atoms with Gasteiger partial charge in [0.2, 0.25) is 5.91 Å². The molecule has 2 rings (SSSR count). The highest BCUT2D eigenvalue weighted by Crippen LogP contribution is 2.08. The molecule has 1 aliphatic heterocycles.